The molecule has 1 aromatic rings. The van der Waals surface area contributed by atoms with Crippen LogP contribution < -0.4 is 16.2 Å². The predicted octanol–water partition coefficient (Wildman–Crippen LogP) is -0.427. The molecule has 0 spiro atoms. The molecule has 0 saturated carbocycles. The third-order valence-corrected chi connectivity index (χ3v) is 3.62. The molecule has 1 atom stereocenters. The lowest BCUT2D eigenvalue weighted by Crippen LogP contribution is -2.51. The van der Waals surface area contributed by atoms with Gasteiger partial charge in [-0.2, -0.15) is 0 Å². The third-order valence-electron chi connectivity index (χ3n) is 3.62. The van der Waals surface area contributed by atoms with Crippen molar-refractivity contribution in [1.29, 1.82) is 0 Å². The van der Waals surface area contributed by atoms with E-state index in [4.69, 9.17) is 5.84 Å². The molecule has 0 aromatic carbocycles. The molecule has 7 nitrogen and oxygen atoms in total. The van der Waals surface area contributed by atoms with Gasteiger partial charge in [0.25, 0.3) is 0 Å². The zero-order valence-electron chi connectivity index (χ0n) is 10.0. The Hall–Kier alpha value is -1.89. The standard InChI is InChI=1S/C11H16N6O/c12-15-9-5-10(14-7-13-9)16-3-4-17-8(6-16)1-2-11(17)18/h5,7-8H,1-4,6,12H2,(H,13,14,15). The van der Waals surface area contributed by atoms with Crippen LogP contribution in [0.25, 0.3) is 0 Å². The number of aromatic nitrogens is 2. The first-order chi connectivity index (χ1) is 8.78. The van der Waals surface area contributed by atoms with E-state index in [1.165, 1.54) is 6.33 Å². The van der Waals surface area contributed by atoms with Crippen molar-refractivity contribution in [2.45, 2.75) is 18.9 Å². The Labute approximate surface area is 105 Å². The van der Waals surface area contributed by atoms with Crippen molar-refractivity contribution in [2.24, 2.45) is 5.84 Å². The fourth-order valence-corrected chi connectivity index (χ4v) is 2.67. The number of hydrazine groups is 1. The third kappa shape index (κ3) is 1.86. The fraction of sp³-hybridized carbons (Fsp3) is 0.545. The number of amides is 1. The number of carbonyl (C=O) groups excluding carboxylic acids is 1. The van der Waals surface area contributed by atoms with E-state index in [0.29, 0.717) is 18.3 Å². The van der Waals surface area contributed by atoms with E-state index in [1.807, 2.05) is 11.0 Å². The average Bonchev–Trinajstić information content (AvgIpc) is 2.80. The van der Waals surface area contributed by atoms with Crippen molar-refractivity contribution in [3.8, 4) is 0 Å². The first-order valence-corrected chi connectivity index (χ1v) is 6.11. The lowest BCUT2D eigenvalue weighted by molar-refractivity contribution is -0.129. The highest BCUT2D eigenvalue weighted by molar-refractivity contribution is 5.79. The molecule has 96 valence electrons. The number of carbonyl (C=O) groups is 1. The number of hydrogen-bond acceptors (Lipinski definition) is 6. The molecule has 3 N–H and O–H groups in total. The number of anilines is 2. The maximum atomic E-state index is 11.6. The number of nitrogens with zero attached hydrogens (tertiary/aromatic N) is 4. The lowest BCUT2D eigenvalue weighted by atomic mass is 10.1. The summed E-state index contributed by atoms with van der Waals surface area (Å²) in [4.78, 5) is 24.0. The molecule has 18 heavy (non-hydrogen) atoms. The highest BCUT2D eigenvalue weighted by Crippen LogP contribution is 2.25. The molecule has 2 aliphatic rings. The fourth-order valence-electron chi connectivity index (χ4n) is 2.67. The van der Waals surface area contributed by atoms with Gasteiger partial charge >= 0.3 is 0 Å². The van der Waals surface area contributed by atoms with Gasteiger partial charge in [0.1, 0.15) is 18.0 Å². The monoisotopic (exact) mass is 248 g/mol. The average molecular weight is 248 g/mol. The Balaban J connectivity index is 1.76. The normalized spacial score (nSPS) is 23.2. The van der Waals surface area contributed by atoms with Gasteiger partial charge in [-0.3, -0.25) is 4.79 Å². The summed E-state index contributed by atoms with van der Waals surface area (Å²) >= 11 is 0. The van der Waals surface area contributed by atoms with Crippen LogP contribution in [0.3, 0.4) is 0 Å². The van der Waals surface area contributed by atoms with E-state index in [0.717, 1.165) is 31.9 Å². The van der Waals surface area contributed by atoms with Crippen LogP contribution in [-0.4, -0.2) is 46.5 Å². The zero-order valence-corrected chi connectivity index (χ0v) is 10.0. The smallest absolute Gasteiger partial charge is 0.223 e. The van der Waals surface area contributed by atoms with Crippen molar-refractivity contribution in [3.05, 3.63) is 12.4 Å². The summed E-state index contributed by atoms with van der Waals surface area (Å²) in [7, 11) is 0. The Morgan fingerprint density at radius 2 is 2.28 bits per heavy atom. The lowest BCUT2D eigenvalue weighted by Gasteiger charge is -2.38. The number of rotatable bonds is 2. The quantitative estimate of drug-likeness (QED) is 0.545. The van der Waals surface area contributed by atoms with Crippen LogP contribution in [0.5, 0.6) is 0 Å². The molecule has 3 rings (SSSR count). The molecule has 1 unspecified atom stereocenters. The van der Waals surface area contributed by atoms with Gasteiger partial charge < -0.3 is 15.2 Å². The molecule has 2 aliphatic heterocycles. The highest BCUT2D eigenvalue weighted by atomic mass is 16.2. The summed E-state index contributed by atoms with van der Waals surface area (Å²) in [5, 5.41) is 0. The zero-order chi connectivity index (χ0) is 12.5. The van der Waals surface area contributed by atoms with E-state index in [9.17, 15) is 4.79 Å². The van der Waals surface area contributed by atoms with Crippen LogP contribution in [-0.2, 0) is 4.79 Å². The van der Waals surface area contributed by atoms with Gasteiger partial charge in [-0.15, -0.1) is 0 Å². The Morgan fingerprint density at radius 1 is 1.39 bits per heavy atom. The van der Waals surface area contributed by atoms with Crippen molar-refractivity contribution >= 4 is 17.5 Å². The Morgan fingerprint density at radius 3 is 3.11 bits per heavy atom. The largest absolute Gasteiger partial charge is 0.353 e. The molecule has 0 radical (unpaired) electrons. The van der Waals surface area contributed by atoms with Crippen molar-refractivity contribution in [2.75, 3.05) is 30.0 Å². The minimum atomic E-state index is 0.284. The van der Waals surface area contributed by atoms with Crippen LogP contribution in [0.4, 0.5) is 11.6 Å². The molecule has 1 amide bonds. The highest BCUT2D eigenvalue weighted by Gasteiger charge is 2.35. The molecule has 0 aliphatic carbocycles. The number of fused-ring (bicyclic) bond motifs is 1. The van der Waals surface area contributed by atoms with Crippen LogP contribution in [0.2, 0.25) is 0 Å². The van der Waals surface area contributed by atoms with Crippen LogP contribution in [0.1, 0.15) is 12.8 Å². The van der Waals surface area contributed by atoms with Crippen molar-refractivity contribution in [3.63, 3.8) is 0 Å². The molecular formula is C11H16N6O. The summed E-state index contributed by atoms with van der Waals surface area (Å²) in [5.41, 5.74) is 2.52. The van der Waals surface area contributed by atoms with Crippen molar-refractivity contribution < 1.29 is 4.79 Å². The summed E-state index contributed by atoms with van der Waals surface area (Å²) in [6.07, 6.45) is 3.12. The first kappa shape index (κ1) is 11.2. The molecule has 3 heterocycles. The second-order valence-electron chi connectivity index (χ2n) is 4.63. The first-order valence-electron chi connectivity index (χ1n) is 6.11. The predicted molar refractivity (Wildman–Crippen MR) is 66.8 cm³/mol. The number of nitrogen functional groups attached to an aromatic ring is 1. The second kappa shape index (κ2) is 4.41. The van der Waals surface area contributed by atoms with E-state index >= 15 is 0 Å². The maximum Gasteiger partial charge on any atom is 0.223 e. The van der Waals surface area contributed by atoms with E-state index in [-0.39, 0.29) is 5.91 Å². The minimum Gasteiger partial charge on any atom is -0.353 e. The number of nitrogens with one attached hydrogen (secondary N) is 1. The number of hydrogen-bond donors (Lipinski definition) is 2. The Kier molecular flexibility index (Phi) is 2.75. The number of piperazine rings is 1. The maximum absolute atomic E-state index is 11.6. The summed E-state index contributed by atoms with van der Waals surface area (Å²) in [5.74, 6) is 7.08. The van der Waals surface area contributed by atoms with E-state index in [2.05, 4.69) is 20.3 Å². The van der Waals surface area contributed by atoms with Gasteiger partial charge in [0, 0.05) is 38.2 Å². The minimum absolute atomic E-state index is 0.284. The topological polar surface area (TPSA) is 87.4 Å². The molecule has 0 bridgehead atoms. The molecular weight excluding hydrogens is 232 g/mol. The van der Waals surface area contributed by atoms with Gasteiger partial charge in [0.05, 0.1) is 0 Å². The van der Waals surface area contributed by atoms with Crippen LogP contribution >= 0.6 is 0 Å². The van der Waals surface area contributed by atoms with Crippen LogP contribution in [0.15, 0.2) is 12.4 Å². The summed E-state index contributed by atoms with van der Waals surface area (Å²) in [6.45, 7) is 2.43. The van der Waals surface area contributed by atoms with Crippen molar-refractivity contribution in [1.82, 2.24) is 14.9 Å². The van der Waals surface area contributed by atoms with E-state index in [1.54, 1.807) is 0 Å². The van der Waals surface area contributed by atoms with Gasteiger partial charge in [-0.25, -0.2) is 15.8 Å². The molecule has 2 saturated heterocycles. The van der Waals surface area contributed by atoms with Gasteiger partial charge in [-0.05, 0) is 6.42 Å². The Bertz CT molecular complexity index is 465. The number of nitrogens with two attached hydrogens (primary N) is 1. The molecule has 7 heteroatoms. The van der Waals surface area contributed by atoms with Crippen LogP contribution in [0, 0.1) is 0 Å². The second-order valence-corrected chi connectivity index (χ2v) is 4.63. The van der Waals surface area contributed by atoms with Gasteiger partial charge in [0.15, 0.2) is 0 Å². The SMILES string of the molecule is NNc1cc(N2CCN3C(=O)CCC3C2)ncn1. The molecule has 1 aromatic heterocycles. The van der Waals surface area contributed by atoms with Gasteiger partial charge in [-0.1, -0.05) is 0 Å². The molecule has 2 fully saturated rings. The summed E-state index contributed by atoms with van der Waals surface area (Å²) < 4.78 is 0. The summed E-state index contributed by atoms with van der Waals surface area (Å²) in [6, 6.07) is 2.15. The van der Waals surface area contributed by atoms with E-state index < -0.39 is 0 Å². The van der Waals surface area contributed by atoms with Gasteiger partial charge in [0.2, 0.25) is 5.91 Å².